The van der Waals surface area contributed by atoms with E-state index >= 15 is 0 Å². The number of amides is 1. The van der Waals surface area contributed by atoms with Crippen molar-refractivity contribution in [1.29, 1.82) is 0 Å². The lowest BCUT2D eigenvalue weighted by molar-refractivity contribution is -0.00602. The lowest BCUT2D eigenvalue weighted by Gasteiger charge is -2.22. The Hall–Kier alpha value is -3.09. The van der Waals surface area contributed by atoms with Crippen LogP contribution in [0.5, 0.6) is 0 Å². The molecule has 2 aromatic heterocycles. The molecular formula is C21H19F2N3O2. The van der Waals surface area contributed by atoms with Crippen molar-refractivity contribution < 1.29 is 18.0 Å². The van der Waals surface area contributed by atoms with Crippen LogP contribution in [0.3, 0.4) is 0 Å². The maximum atomic E-state index is 13.4. The van der Waals surface area contributed by atoms with Gasteiger partial charge in [-0.1, -0.05) is 24.3 Å². The first-order valence-electron chi connectivity index (χ1n) is 9.09. The molecule has 0 spiro atoms. The summed E-state index contributed by atoms with van der Waals surface area (Å²) in [7, 11) is 0. The SMILES string of the molecule is CC(NC(=O)c1cnc2c(C3=CCC(F)(F)CC3)cccc2c1)c1ncco1. The average Bonchev–Trinajstić information content (AvgIpc) is 3.22. The normalized spacial score (nSPS) is 17.2. The zero-order valence-corrected chi connectivity index (χ0v) is 15.3. The van der Waals surface area contributed by atoms with Gasteiger partial charge in [0, 0.05) is 30.0 Å². The van der Waals surface area contributed by atoms with Crippen LogP contribution in [0.4, 0.5) is 8.78 Å². The number of pyridine rings is 1. The summed E-state index contributed by atoms with van der Waals surface area (Å²) in [6.07, 6.45) is 5.97. The van der Waals surface area contributed by atoms with Gasteiger partial charge in [-0.05, 0) is 25.0 Å². The number of benzene rings is 1. The summed E-state index contributed by atoms with van der Waals surface area (Å²) >= 11 is 0. The molecule has 0 saturated carbocycles. The fourth-order valence-corrected chi connectivity index (χ4v) is 3.37. The molecule has 1 amide bonds. The summed E-state index contributed by atoms with van der Waals surface area (Å²) in [6.45, 7) is 1.78. The smallest absolute Gasteiger partial charge is 0.253 e. The van der Waals surface area contributed by atoms with Crippen molar-refractivity contribution in [2.75, 3.05) is 0 Å². The molecule has 2 heterocycles. The summed E-state index contributed by atoms with van der Waals surface area (Å²) in [6, 6.07) is 6.97. The van der Waals surface area contributed by atoms with Crippen LogP contribution in [-0.2, 0) is 0 Å². The fourth-order valence-electron chi connectivity index (χ4n) is 3.37. The van der Waals surface area contributed by atoms with Gasteiger partial charge in [0.2, 0.25) is 5.89 Å². The molecule has 1 N–H and O–H groups in total. The summed E-state index contributed by atoms with van der Waals surface area (Å²) in [5.74, 6) is -2.50. The number of nitrogens with zero attached hydrogens (tertiary/aromatic N) is 2. The highest BCUT2D eigenvalue weighted by Gasteiger charge is 2.31. The van der Waals surface area contributed by atoms with Gasteiger partial charge in [0.05, 0.1) is 17.3 Å². The lowest BCUT2D eigenvalue weighted by Crippen LogP contribution is -2.26. The number of aromatic nitrogens is 2. The Labute approximate surface area is 160 Å². The van der Waals surface area contributed by atoms with Gasteiger partial charge in [-0.3, -0.25) is 9.78 Å². The van der Waals surface area contributed by atoms with Crippen molar-refractivity contribution in [1.82, 2.24) is 15.3 Å². The van der Waals surface area contributed by atoms with E-state index in [1.807, 2.05) is 18.2 Å². The molecule has 0 aliphatic heterocycles. The van der Waals surface area contributed by atoms with Gasteiger partial charge in [-0.2, -0.15) is 0 Å². The molecule has 1 atom stereocenters. The number of oxazole rings is 1. The summed E-state index contributed by atoms with van der Waals surface area (Å²) in [5.41, 5.74) is 2.83. The molecule has 7 heteroatoms. The van der Waals surface area contributed by atoms with Crippen LogP contribution in [-0.4, -0.2) is 21.8 Å². The minimum absolute atomic E-state index is 0.158. The number of halogens is 2. The van der Waals surface area contributed by atoms with E-state index in [2.05, 4.69) is 15.3 Å². The molecule has 28 heavy (non-hydrogen) atoms. The topological polar surface area (TPSA) is 68.0 Å². The number of rotatable bonds is 4. The average molecular weight is 383 g/mol. The lowest BCUT2D eigenvalue weighted by atomic mass is 9.90. The summed E-state index contributed by atoms with van der Waals surface area (Å²) < 4.78 is 32.1. The van der Waals surface area contributed by atoms with Crippen LogP contribution in [0, 0.1) is 0 Å². The number of fused-ring (bicyclic) bond motifs is 1. The standard InChI is InChI=1S/C21H19F2N3O2/c1-13(20-24-9-10-28-20)26-19(27)16-11-15-3-2-4-17(18(15)25-12-16)14-5-7-21(22,23)8-6-14/h2-5,9-13H,6-8H2,1H3,(H,26,27). The van der Waals surface area contributed by atoms with Crippen molar-refractivity contribution in [3.8, 4) is 0 Å². The highest BCUT2D eigenvalue weighted by Crippen LogP contribution is 2.37. The number of carbonyl (C=O) groups excluding carboxylic acids is 1. The Kier molecular flexibility index (Phi) is 4.66. The number of nitrogens with one attached hydrogen (secondary N) is 1. The van der Waals surface area contributed by atoms with Crippen LogP contribution >= 0.6 is 0 Å². The van der Waals surface area contributed by atoms with E-state index in [4.69, 9.17) is 4.42 Å². The molecule has 1 unspecified atom stereocenters. The first-order valence-corrected chi connectivity index (χ1v) is 9.09. The zero-order valence-electron chi connectivity index (χ0n) is 15.3. The van der Waals surface area contributed by atoms with Crippen molar-refractivity contribution in [3.63, 3.8) is 0 Å². The van der Waals surface area contributed by atoms with Crippen molar-refractivity contribution in [3.05, 3.63) is 66.0 Å². The van der Waals surface area contributed by atoms with Gasteiger partial charge in [0.25, 0.3) is 11.8 Å². The second-order valence-corrected chi connectivity index (χ2v) is 6.96. The van der Waals surface area contributed by atoms with Crippen molar-refractivity contribution in [2.24, 2.45) is 0 Å². The third kappa shape index (κ3) is 3.65. The summed E-state index contributed by atoms with van der Waals surface area (Å²) in [4.78, 5) is 21.0. The third-order valence-corrected chi connectivity index (χ3v) is 4.90. The second kappa shape index (κ2) is 7.14. The highest BCUT2D eigenvalue weighted by molar-refractivity contribution is 5.99. The molecule has 3 aromatic rings. The molecule has 1 aliphatic rings. The maximum Gasteiger partial charge on any atom is 0.253 e. The molecule has 144 valence electrons. The maximum absolute atomic E-state index is 13.4. The number of alkyl halides is 2. The van der Waals surface area contributed by atoms with E-state index in [9.17, 15) is 13.6 Å². The Balaban J connectivity index is 1.60. The van der Waals surface area contributed by atoms with Gasteiger partial charge in [0.15, 0.2) is 0 Å². The van der Waals surface area contributed by atoms with E-state index in [1.54, 1.807) is 19.1 Å². The molecule has 0 radical (unpaired) electrons. The highest BCUT2D eigenvalue weighted by atomic mass is 19.3. The number of allylic oxidation sites excluding steroid dienone is 2. The Bertz CT molecular complexity index is 1040. The molecule has 0 bridgehead atoms. The van der Waals surface area contributed by atoms with E-state index in [1.165, 1.54) is 18.7 Å². The Morgan fingerprint density at radius 2 is 2.18 bits per heavy atom. The number of hydrogen-bond donors (Lipinski definition) is 1. The first-order chi connectivity index (χ1) is 13.4. The Morgan fingerprint density at radius 3 is 2.89 bits per heavy atom. The van der Waals surface area contributed by atoms with E-state index in [0.29, 0.717) is 23.4 Å². The van der Waals surface area contributed by atoms with Crippen LogP contribution in [0.15, 0.2) is 53.4 Å². The van der Waals surface area contributed by atoms with Crippen LogP contribution < -0.4 is 5.32 Å². The summed E-state index contributed by atoms with van der Waals surface area (Å²) in [5, 5.41) is 3.60. The monoisotopic (exact) mass is 383 g/mol. The van der Waals surface area contributed by atoms with Crippen molar-refractivity contribution in [2.45, 2.75) is 38.2 Å². The Morgan fingerprint density at radius 1 is 1.32 bits per heavy atom. The minimum atomic E-state index is -2.63. The molecule has 1 aliphatic carbocycles. The fraction of sp³-hybridized carbons (Fsp3) is 0.286. The molecule has 4 rings (SSSR count). The molecule has 0 saturated heterocycles. The van der Waals surface area contributed by atoms with Gasteiger partial charge in [0.1, 0.15) is 12.3 Å². The number of hydrogen-bond acceptors (Lipinski definition) is 4. The number of carbonyl (C=O) groups is 1. The van der Waals surface area contributed by atoms with E-state index in [-0.39, 0.29) is 24.8 Å². The third-order valence-electron chi connectivity index (χ3n) is 4.90. The molecular weight excluding hydrogens is 364 g/mol. The van der Waals surface area contributed by atoms with Crippen molar-refractivity contribution >= 4 is 22.4 Å². The number of para-hydroxylation sites is 1. The predicted molar refractivity (Wildman–Crippen MR) is 101 cm³/mol. The van der Waals surface area contributed by atoms with Crippen LogP contribution in [0.1, 0.15) is 54.0 Å². The largest absolute Gasteiger partial charge is 0.447 e. The minimum Gasteiger partial charge on any atom is -0.447 e. The molecule has 0 fully saturated rings. The predicted octanol–water partition coefficient (Wildman–Crippen LogP) is 4.92. The van der Waals surface area contributed by atoms with E-state index < -0.39 is 5.92 Å². The van der Waals surface area contributed by atoms with E-state index in [0.717, 1.165) is 16.5 Å². The van der Waals surface area contributed by atoms with Gasteiger partial charge >= 0.3 is 0 Å². The van der Waals surface area contributed by atoms with Gasteiger partial charge in [-0.25, -0.2) is 13.8 Å². The van der Waals surface area contributed by atoms with Gasteiger partial charge < -0.3 is 9.73 Å². The molecule has 1 aromatic carbocycles. The van der Waals surface area contributed by atoms with Crippen LogP contribution in [0.25, 0.3) is 16.5 Å². The quantitative estimate of drug-likeness (QED) is 0.695. The first kappa shape index (κ1) is 18.3. The van der Waals surface area contributed by atoms with Gasteiger partial charge in [-0.15, -0.1) is 0 Å². The zero-order chi connectivity index (χ0) is 19.7. The second-order valence-electron chi connectivity index (χ2n) is 6.96. The molecule has 5 nitrogen and oxygen atoms in total. The van der Waals surface area contributed by atoms with Crippen LogP contribution in [0.2, 0.25) is 0 Å².